The molecule has 2 aliphatic rings. The molecule has 1 aliphatic carbocycles. The maximum absolute atomic E-state index is 12.3. The quantitative estimate of drug-likeness (QED) is 0.542. The predicted octanol–water partition coefficient (Wildman–Crippen LogP) is 3.80. The van der Waals surface area contributed by atoms with Gasteiger partial charge >= 0.3 is 5.97 Å². The minimum absolute atomic E-state index is 0.0640. The molecule has 1 atom stereocenters. The van der Waals surface area contributed by atoms with E-state index in [4.69, 9.17) is 9.47 Å². The van der Waals surface area contributed by atoms with Gasteiger partial charge in [0.05, 0.1) is 18.4 Å². The van der Waals surface area contributed by atoms with Crippen molar-refractivity contribution in [2.24, 2.45) is 0 Å². The molecule has 1 aliphatic heterocycles. The highest BCUT2D eigenvalue weighted by Crippen LogP contribution is 2.28. The van der Waals surface area contributed by atoms with E-state index < -0.39 is 0 Å². The molecule has 2 aromatic rings. The van der Waals surface area contributed by atoms with E-state index in [9.17, 15) is 9.90 Å². The second-order valence-corrected chi connectivity index (χ2v) is 8.58. The molecule has 0 bridgehead atoms. The van der Waals surface area contributed by atoms with Crippen LogP contribution in [0.25, 0.3) is 11.4 Å². The highest BCUT2D eigenvalue weighted by atomic mass is 32.2. The standard InChI is InChI=1S/C21H27N3O4S/c25-16-10-8-15(9-11-16)20-22-23-21(24(20)13-18-7-4-12-27-18)29-14-19(26)28-17-5-2-1-3-6-17/h8-11,17-18,25H,1-7,12-14H2/t18-/m1/s1. The molecule has 1 aromatic carbocycles. The molecule has 156 valence electrons. The number of aromatic hydroxyl groups is 1. The van der Waals surface area contributed by atoms with E-state index in [0.29, 0.717) is 17.5 Å². The van der Waals surface area contributed by atoms with Crippen LogP contribution in [0.4, 0.5) is 0 Å². The van der Waals surface area contributed by atoms with Gasteiger partial charge in [-0.1, -0.05) is 18.2 Å². The lowest BCUT2D eigenvalue weighted by Gasteiger charge is -2.21. The normalized spacial score (nSPS) is 20.1. The largest absolute Gasteiger partial charge is 0.508 e. The summed E-state index contributed by atoms with van der Waals surface area (Å²) < 4.78 is 13.4. The minimum Gasteiger partial charge on any atom is -0.508 e. The van der Waals surface area contributed by atoms with E-state index >= 15 is 0 Å². The lowest BCUT2D eigenvalue weighted by Crippen LogP contribution is -2.22. The Morgan fingerprint density at radius 3 is 2.66 bits per heavy atom. The second kappa shape index (κ2) is 9.63. The first kappa shape index (κ1) is 20.2. The number of nitrogens with zero attached hydrogens (tertiary/aromatic N) is 3. The summed E-state index contributed by atoms with van der Waals surface area (Å²) in [6.45, 7) is 1.42. The van der Waals surface area contributed by atoms with Crippen LogP contribution in [0.1, 0.15) is 44.9 Å². The van der Waals surface area contributed by atoms with Gasteiger partial charge in [-0.2, -0.15) is 0 Å². The van der Waals surface area contributed by atoms with Crippen molar-refractivity contribution in [2.45, 2.75) is 68.9 Å². The molecule has 0 amide bonds. The molecule has 0 spiro atoms. The molecular weight excluding hydrogens is 390 g/mol. The van der Waals surface area contributed by atoms with Crippen LogP contribution in [-0.2, 0) is 20.8 Å². The number of ether oxygens (including phenoxy) is 2. The van der Waals surface area contributed by atoms with Crippen molar-refractivity contribution in [1.82, 2.24) is 14.8 Å². The predicted molar refractivity (Wildman–Crippen MR) is 110 cm³/mol. The van der Waals surface area contributed by atoms with Crippen LogP contribution in [0.3, 0.4) is 0 Å². The summed E-state index contributed by atoms with van der Waals surface area (Å²) in [7, 11) is 0. The first-order chi connectivity index (χ1) is 14.2. The van der Waals surface area contributed by atoms with Crippen LogP contribution < -0.4 is 0 Å². The summed E-state index contributed by atoms with van der Waals surface area (Å²) in [4.78, 5) is 12.3. The number of esters is 1. The van der Waals surface area contributed by atoms with Gasteiger partial charge in [-0.3, -0.25) is 9.36 Å². The summed E-state index contributed by atoms with van der Waals surface area (Å²) in [5.41, 5.74) is 0.866. The van der Waals surface area contributed by atoms with Gasteiger partial charge in [0.25, 0.3) is 0 Å². The van der Waals surface area contributed by atoms with Crippen LogP contribution in [0.15, 0.2) is 29.4 Å². The average molecular weight is 418 g/mol. The number of phenolic OH excluding ortho intramolecular Hbond substituents is 1. The average Bonchev–Trinajstić information content (AvgIpc) is 3.38. The lowest BCUT2D eigenvalue weighted by molar-refractivity contribution is -0.147. The van der Waals surface area contributed by atoms with Crippen molar-refractivity contribution in [3.63, 3.8) is 0 Å². The molecule has 0 radical (unpaired) electrons. The topological polar surface area (TPSA) is 86.5 Å². The molecule has 1 saturated heterocycles. The fourth-order valence-corrected chi connectivity index (χ4v) is 4.63. The summed E-state index contributed by atoms with van der Waals surface area (Å²) in [6.07, 6.45) is 7.68. The first-order valence-electron chi connectivity index (χ1n) is 10.4. The second-order valence-electron chi connectivity index (χ2n) is 7.64. The number of hydrogen-bond acceptors (Lipinski definition) is 7. The van der Waals surface area contributed by atoms with Crippen molar-refractivity contribution in [1.29, 1.82) is 0 Å². The zero-order valence-electron chi connectivity index (χ0n) is 16.5. The number of hydrogen-bond donors (Lipinski definition) is 1. The lowest BCUT2D eigenvalue weighted by atomic mass is 9.98. The van der Waals surface area contributed by atoms with Crippen molar-refractivity contribution < 1.29 is 19.4 Å². The maximum atomic E-state index is 12.3. The fraction of sp³-hybridized carbons (Fsp3) is 0.571. The SMILES string of the molecule is O=C(CSc1nnc(-c2ccc(O)cc2)n1C[C@H]1CCCO1)OC1CCCCC1. The third-order valence-corrected chi connectivity index (χ3v) is 6.36. The van der Waals surface area contributed by atoms with Crippen molar-refractivity contribution in [3.8, 4) is 17.1 Å². The molecule has 4 rings (SSSR count). The number of phenols is 1. The van der Waals surface area contributed by atoms with Crippen molar-refractivity contribution in [3.05, 3.63) is 24.3 Å². The van der Waals surface area contributed by atoms with E-state index in [1.165, 1.54) is 18.2 Å². The number of carbonyl (C=O) groups excluding carboxylic acids is 1. The van der Waals surface area contributed by atoms with Crippen LogP contribution >= 0.6 is 11.8 Å². The molecule has 1 aromatic heterocycles. The third kappa shape index (κ3) is 5.30. The number of carbonyl (C=O) groups is 1. The van der Waals surface area contributed by atoms with Gasteiger partial charge in [0.2, 0.25) is 0 Å². The molecule has 1 saturated carbocycles. The van der Waals surface area contributed by atoms with Gasteiger partial charge in [0.15, 0.2) is 11.0 Å². The van der Waals surface area contributed by atoms with Crippen LogP contribution in [0, 0.1) is 0 Å². The number of benzene rings is 1. The summed E-state index contributed by atoms with van der Waals surface area (Å²) in [5, 5.41) is 18.9. The van der Waals surface area contributed by atoms with E-state index in [1.54, 1.807) is 12.1 Å². The highest BCUT2D eigenvalue weighted by Gasteiger charge is 2.23. The Labute approximate surface area is 174 Å². The first-order valence-corrected chi connectivity index (χ1v) is 11.3. The summed E-state index contributed by atoms with van der Waals surface area (Å²) in [5.74, 6) is 0.942. The Kier molecular flexibility index (Phi) is 6.71. The molecule has 8 heteroatoms. The third-order valence-electron chi connectivity index (χ3n) is 5.42. The maximum Gasteiger partial charge on any atom is 0.316 e. The van der Waals surface area contributed by atoms with Crippen LogP contribution in [-0.4, -0.2) is 50.4 Å². The molecular formula is C21H27N3O4S. The van der Waals surface area contributed by atoms with E-state index in [1.807, 2.05) is 16.7 Å². The Balaban J connectivity index is 1.46. The molecule has 1 N–H and O–H groups in total. The van der Waals surface area contributed by atoms with Crippen molar-refractivity contribution in [2.75, 3.05) is 12.4 Å². The van der Waals surface area contributed by atoms with Gasteiger partial charge in [0, 0.05) is 12.2 Å². The van der Waals surface area contributed by atoms with Gasteiger partial charge in [-0.15, -0.1) is 10.2 Å². The molecule has 0 unspecified atom stereocenters. The Morgan fingerprint density at radius 2 is 1.93 bits per heavy atom. The molecule has 7 nitrogen and oxygen atoms in total. The van der Waals surface area contributed by atoms with E-state index in [-0.39, 0.29) is 29.7 Å². The fourth-order valence-electron chi connectivity index (χ4n) is 3.90. The van der Waals surface area contributed by atoms with E-state index in [0.717, 1.165) is 50.7 Å². The minimum atomic E-state index is -0.195. The number of aromatic nitrogens is 3. The van der Waals surface area contributed by atoms with E-state index in [2.05, 4.69) is 10.2 Å². The number of rotatable bonds is 7. The van der Waals surface area contributed by atoms with Crippen molar-refractivity contribution >= 4 is 17.7 Å². The zero-order valence-corrected chi connectivity index (χ0v) is 17.3. The number of thioether (sulfide) groups is 1. The Morgan fingerprint density at radius 1 is 1.14 bits per heavy atom. The van der Waals surface area contributed by atoms with Crippen LogP contribution in [0.5, 0.6) is 5.75 Å². The Bertz CT molecular complexity index is 812. The summed E-state index contributed by atoms with van der Waals surface area (Å²) >= 11 is 1.36. The van der Waals surface area contributed by atoms with Gasteiger partial charge in [0.1, 0.15) is 11.9 Å². The molecule has 2 heterocycles. The van der Waals surface area contributed by atoms with Gasteiger partial charge in [-0.05, 0) is 62.8 Å². The zero-order chi connectivity index (χ0) is 20.1. The molecule has 29 heavy (non-hydrogen) atoms. The Hall–Kier alpha value is -2.06. The molecule has 2 fully saturated rings. The van der Waals surface area contributed by atoms with Gasteiger partial charge in [-0.25, -0.2) is 0 Å². The van der Waals surface area contributed by atoms with Crippen LogP contribution in [0.2, 0.25) is 0 Å². The summed E-state index contributed by atoms with van der Waals surface area (Å²) in [6, 6.07) is 6.90. The van der Waals surface area contributed by atoms with Gasteiger partial charge < -0.3 is 14.6 Å². The highest BCUT2D eigenvalue weighted by molar-refractivity contribution is 7.99. The monoisotopic (exact) mass is 417 g/mol. The smallest absolute Gasteiger partial charge is 0.316 e.